The van der Waals surface area contributed by atoms with E-state index in [0.29, 0.717) is 16.5 Å². The Morgan fingerprint density at radius 1 is 1.47 bits per heavy atom. The molecule has 1 aromatic carbocycles. The minimum Gasteiger partial charge on any atom is -0.454 e. The van der Waals surface area contributed by atoms with Gasteiger partial charge in [-0.1, -0.05) is 11.6 Å². The number of fused-ring (bicyclic) bond motifs is 1. The quantitative estimate of drug-likeness (QED) is 0.863. The van der Waals surface area contributed by atoms with E-state index in [1.807, 2.05) is 13.0 Å². The van der Waals surface area contributed by atoms with Crippen LogP contribution < -0.4 is 9.47 Å². The van der Waals surface area contributed by atoms with Crippen LogP contribution in [-0.2, 0) is 6.42 Å². The summed E-state index contributed by atoms with van der Waals surface area (Å²) in [5, 5.41) is 9.42. The van der Waals surface area contributed by atoms with E-state index < -0.39 is 0 Å². The number of rotatable bonds is 3. The highest BCUT2D eigenvalue weighted by molar-refractivity contribution is 6.33. The van der Waals surface area contributed by atoms with Crippen molar-refractivity contribution in [2.24, 2.45) is 0 Å². The first-order valence-electron chi connectivity index (χ1n) is 4.92. The van der Waals surface area contributed by atoms with Gasteiger partial charge >= 0.3 is 0 Å². The fraction of sp³-hybridized carbons (Fsp3) is 0.455. The summed E-state index contributed by atoms with van der Waals surface area (Å²) in [6, 6.07) is 1.94. The van der Waals surface area contributed by atoms with Gasteiger partial charge in [0, 0.05) is 6.61 Å². The molecule has 2 rings (SSSR count). The molecule has 1 aliphatic rings. The van der Waals surface area contributed by atoms with Crippen molar-refractivity contribution in [3.63, 3.8) is 0 Å². The van der Waals surface area contributed by atoms with E-state index in [-0.39, 0.29) is 13.4 Å². The van der Waals surface area contributed by atoms with Crippen molar-refractivity contribution in [3.05, 3.63) is 22.2 Å². The van der Waals surface area contributed by atoms with E-state index in [4.69, 9.17) is 26.2 Å². The van der Waals surface area contributed by atoms with Crippen molar-refractivity contribution < 1.29 is 14.6 Å². The van der Waals surface area contributed by atoms with Gasteiger partial charge < -0.3 is 14.6 Å². The van der Waals surface area contributed by atoms with Crippen molar-refractivity contribution in [3.8, 4) is 11.5 Å². The molecule has 4 heteroatoms. The zero-order valence-corrected chi connectivity index (χ0v) is 9.30. The van der Waals surface area contributed by atoms with Gasteiger partial charge in [0.2, 0.25) is 6.79 Å². The number of hydrogen-bond donors (Lipinski definition) is 1. The molecular weight excluding hydrogens is 216 g/mol. The first-order chi connectivity index (χ1) is 7.24. The van der Waals surface area contributed by atoms with Crippen LogP contribution in [0.5, 0.6) is 11.5 Å². The van der Waals surface area contributed by atoms with Gasteiger partial charge in [-0.2, -0.15) is 0 Å². The average Bonchev–Trinajstić information content (AvgIpc) is 2.69. The molecule has 1 aliphatic heterocycles. The van der Waals surface area contributed by atoms with Crippen molar-refractivity contribution in [1.82, 2.24) is 0 Å². The summed E-state index contributed by atoms with van der Waals surface area (Å²) < 4.78 is 10.6. The Morgan fingerprint density at radius 2 is 2.27 bits per heavy atom. The maximum absolute atomic E-state index is 8.79. The van der Waals surface area contributed by atoms with Crippen molar-refractivity contribution in [1.29, 1.82) is 0 Å². The molecule has 0 bridgehead atoms. The second-order valence-electron chi connectivity index (χ2n) is 3.54. The number of aliphatic hydroxyl groups excluding tert-OH is 1. The second-order valence-corrected chi connectivity index (χ2v) is 3.91. The van der Waals surface area contributed by atoms with Crippen LogP contribution in [0.4, 0.5) is 0 Å². The van der Waals surface area contributed by atoms with Gasteiger partial charge in [-0.15, -0.1) is 0 Å². The monoisotopic (exact) mass is 228 g/mol. The Bertz CT molecular complexity index is 377. The molecule has 0 saturated heterocycles. The first-order valence-corrected chi connectivity index (χ1v) is 5.30. The number of aryl methyl sites for hydroxylation is 1. The molecule has 15 heavy (non-hydrogen) atoms. The molecule has 0 amide bonds. The summed E-state index contributed by atoms with van der Waals surface area (Å²) in [5.41, 5.74) is 2.12. The maximum Gasteiger partial charge on any atom is 0.231 e. The average molecular weight is 229 g/mol. The third kappa shape index (κ3) is 1.90. The van der Waals surface area contributed by atoms with Gasteiger partial charge in [0.1, 0.15) is 0 Å². The summed E-state index contributed by atoms with van der Waals surface area (Å²) in [4.78, 5) is 0. The van der Waals surface area contributed by atoms with Crippen LogP contribution >= 0.6 is 11.6 Å². The lowest BCUT2D eigenvalue weighted by atomic mass is 10.0. The van der Waals surface area contributed by atoms with Crippen molar-refractivity contribution in [2.45, 2.75) is 19.8 Å². The van der Waals surface area contributed by atoms with Gasteiger partial charge in [0.25, 0.3) is 0 Å². The van der Waals surface area contributed by atoms with Gasteiger partial charge in [0.05, 0.1) is 5.02 Å². The molecule has 0 unspecified atom stereocenters. The fourth-order valence-electron chi connectivity index (χ4n) is 1.67. The van der Waals surface area contributed by atoms with E-state index in [2.05, 4.69) is 0 Å². The number of aliphatic hydroxyl groups is 1. The van der Waals surface area contributed by atoms with Crippen LogP contribution in [0.3, 0.4) is 0 Å². The van der Waals surface area contributed by atoms with Crippen molar-refractivity contribution in [2.75, 3.05) is 13.4 Å². The van der Waals surface area contributed by atoms with Gasteiger partial charge in [0.15, 0.2) is 11.5 Å². The Morgan fingerprint density at radius 3 is 3.00 bits per heavy atom. The van der Waals surface area contributed by atoms with E-state index in [0.717, 1.165) is 24.0 Å². The summed E-state index contributed by atoms with van der Waals surface area (Å²) in [7, 11) is 0. The molecule has 0 spiro atoms. The minimum atomic E-state index is 0.186. The van der Waals surface area contributed by atoms with E-state index >= 15 is 0 Å². The fourth-order valence-corrected chi connectivity index (χ4v) is 1.94. The number of halogens is 1. The summed E-state index contributed by atoms with van der Waals surface area (Å²) >= 11 is 6.16. The predicted octanol–water partition coefficient (Wildman–Crippen LogP) is 2.30. The highest BCUT2D eigenvalue weighted by atomic mass is 35.5. The molecule has 0 aromatic heterocycles. The molecule has 0 atom stereocenters. The molecule has 0 radical (unpaired) electrons. The van der Waals surface area contributed by atoms with Gasteiger partial charge in [-0.05, 0) is 37.0 Å². The van der Waals surface area contributed by atoms with Gasteiger partial charge in [-0.25, -0.2) is 0 Å². The maximum atomic E-state index is 8.79. The standard InChI is InChI=1S/C11H13ClO3/c1-7-8(3-2-4-13)5-9-11(10(7)12)15-6-14-9/h5,13H,2-4,6H2,1H3. The predicted molar refractivity (Wildman–Crippen MR) is 57.7 cm³/mol. The van der Waals surface area contributed by atoms with Crippen LogP contribution in [0.25, 0.3) is 0 Å². The number of benzene rings is 1. The molecule has 1 heterocycles. The lowest BCUT2D eigenvalue weighted by molar-refractivity contribution is 0.174. The van der Waals surface area contributed by atoms with Crippen LogP contribution in [0, 0.1) is 6.92 Å². The minimum absolute atomic E-state index is 0.186. The third-order valence-corrected chi connectivity index (χ3v) is 3.02. The zero-order chi connectivity index (χ0) is 10.8. The third-order valence-electron chi connectivity index (χ3n) is 2.56. The van der Waals surface area contributed by atoms with Gasteiger partial charge in [-0.3, -0.25) is 0 Å². The van der Waals surface area contributed by atoms with Crippen LogP contribution in [0.1, 0.15) is 17.5 Å². The van der Waals surface area contributed by atoms with Crippen LogP contribution in [0.2, 0.25) is 5.02 Å². The largest absolute Gasteiger partial charge is 0.454 e. The Balaban J connectivity index is 2.36. The van der Waals surface area contributed by atoms with Crippen LogP contribution in [-0.4, -0.2) is 18.5 Å². The zero-order valence-electron chi connectivity index (χ0n) is 8.55. The Kier molecular flexibility index (Phi) is 3.03. The Hall–Kier alpha value is -0.930. The first kappa shape index (κ1) is 10.6. The molecule has 1 aromatic rings. The van der Waals surface area contributed by atoms with E-state index in [9.17, 15) is 0 Å². The molecule has 0 fully saturated rings. The molecule has 1 N–H and O–H groups in total. The highest BCUT2D eigenvalue weighted by Crippen LogP contribution is 2.42. The number of ether oxygens (including phenoxy) is 2. The van der Waals surface area contributed by atoms with Crippen LogP contribution in [0.15, 0.2) is 6.07 Å². The summed E-state index contributed by atoms with van der Waals surface area (Å²) in [6.07, 6.45) is 1.54. The topological polar surface area (TPSA) is 38.7 Å². The molecular formula is C11H13ClO3. The number of hydrogen-bond acceptors (Lipinski definition) is 3. The normalized spacial score (nSPS) is 13.3. The lowest BCUT2D eigenvalue weighted by Gasteiger charge is -2.09. The summed E-state index contributed by atoms with van der Waals surface area (Å²) in [6.45, 7) is 2.38. The van der Waals surface area contributed by atoms with Crippen molar-refractivity contribution >= 4 is 11.6 Å². The molecule has 0 aliphatic carbocycles. The molecule has 3 nitrogen and oxygen atoms in total. The van der Waals surface area contributed by atoms with E-state index in [1.165, 1.54) is 0 Å². The highest BCUT2D eigenvalue weighted by Gasteiger charge is 2.20. The molecule has 0 saturated carbocycles. The summed E-state index contributed by atoms with van der Waals surface area (Å²) in [5.74, 6) is 1.35. The SMILES string of the molecule is Cc1c(CCCO)cc2c(c1Cl)OCO2. The van der Waals surface area contributed by atoms with E-state index in [1.54, 1.807) is 0 Å². The Labute approximate surface area is 93.6 Å². The second kappa shape index (κ2) is 4.29. The molecule has 82 valence electrons. The lowest BCUT2D eigenvalue weighted by Crippen LogP contribution is -1.94. The smallest absolute Gasteiger partial charge is 0.231 e.